The van der Waals surface area contributed by atoms with Crippen LogP contribution in [0.1, 0.15) is 32.6 Å². The lowest BCUT2D eigenvalue weighted by atomic mass is 9.92. The van der Waals surface area contributed by atoms with Gasteiger partial charge in [0.05, 0.1) is 12.1 Å². The van der Waals surface area contributed by atoms with Crippen molar-refractivity contribution >= 4 is 5.91 Å². The first-order valence-corrected chi connectivity index (χ1v) is 6.41. The average molecular weight is 226 g/mol. The predicted molar refractivity (Wildman–Crippen MR) is 62.3 cm³/mol. The molecule has 92 valence electrons. The van der Waals surface area contributed by atoms with Gasteiger partial charge in [0.15, 0.2) is 0 Å². The molecule has 2 aliphatic heterocycles. The van der Waals surface area contributed by atoms with Gasteiger partial charge in [-0.05, 0) is 32.2 Å². The van der Waals surface area contributed by atoms with Gasteiger partial charge in [-0.15, -0.1) is 0 Å². The zero-order valence-electron chi connectivity index (χ0n) is 10.1. The minimum absolute atomic E-state index is 0.273. The summed E-state index contributed by atoms with van der Waals surface area (Å²) in [4.78, 5) is 14.5. The standard InChI is InChI=1S/C12H22N2O2/c1-2-12(5-3-6-13-12)11(15)14-7-4-9-16-10-8-14/h13H,2-10H2,1H3. The van der Waals surface area contributed by atoms with Crippen molar-refractivity contribution in [2.24, 2.45) is 0 Å². The number of nitrogens with one attached hydrogen (secondary N) is 1. The maximum atomic E-state index is 12.5. The second-order valence-electron chi connectivity index (χ2n) is 4.72. The van der Waals surface area contributed by atoms with Crippen molar-refractivity contribution in [2.45, 2.75) is 38.1 Å². The van der Waals surface area contributed by atoms with Gasteiger partial charge in [-0.25, -0.2) is 0 Å². The van der Waals surface area contributed by atoms with Crippen molar-refractivity contribution < 1.29 is 9.53 Å². The van der Waals surface area contributed by atoms with E-state index in [4.69, 9.17) is 4.74 Å². The number of nitrogens with zero attached hydrogens (tertiary/aromatic N) is 1. The first kappa shape index (κ1) is 11.9. The van der Waals surface area contributed by atoms with E-state index in [9.17, 15) is 4.79 Å². The second-order valence-corrected chi connectivity index (χ2v) is 4.72. The number of rotatable bonds is 2. The minimum Gasteiger partial charge on any atom is -0.380 e. The first-order chi connectivity index (χ1) is 7.78. The Hall–Kier alpha value is -0.610. The summed E-state index contributed by atoms with van der Waals surface area (Å²) in [5, 5.41) is 3.41. The molecule has 0 aromatic heterocycles. The summed E-state index contributed by atoms with van der Waals surface area (Å²) in [7, 11) is 0. The fraction of sp³-hybridized carbons (Fsp3) is 0.917. The van der Waals surface area contributed by atoms with Crippen LogP contribution in [-0.2, 0) is 9.53 Å². The van der Waals surface area contributed by atoms with Crippen molar-refractivity contribution in [3.05, 3.63) is 0 Å². The normalized spacial score (nSPS) is 31.4. The smallest absolute Gasteiger partial charge is 0.242 e. The third-order valence-electron chi connectivity index (χ3n) is 3.77. The van der Waals surface area contributed by atoms with E-state index in [0.29, 0.717) is 6.61 Å². The molecule has 2 fully saturated rings. The van der Waals surface area contributed by atoms with Crippen LogP contribution in [0.15, 0.2) is 0 Å². The maximum Gasteiger partial charge on any atom is 0.242 e. The van der Waals surface area contributed by atoms with Gasteiger partial charge in [0, 0.05) is 19.7 Å². The molecule has 0 aromatic carbocycles. The van der Waals surface area contributed by atoms with Crippen molar-refractivity contribution in [3.63, 3.8) is 0 Å². The van der Waals surface area contributed by atoms with E-state index in [1.165, 1.54) is 0 Å². The number of carbonyl (C=O) groups is 1. The zero-order valence-corrected chi connectivity index (χ0v) is 10.1. The molecule has 4 heteroatoms. The topological polar surface area (TPSA) is 41.6 Å². The first-order valence-electron chi connectivity index (χ1n) is 6.41. The molecule has 1 atom stereocenters. The Morgan fingerprint density at radius 2 is 2.25 bits per heavy atom. The fourth-order valence-corrected chi connectivity index (χ4v) is 2.69. The van der Waals surface area contributed by atoms with E-state index >= 15 is 0 Å². The lowest BCUT2D eigenvalue weighted by Crippen LogP contribution is -2.55. The van der Waals surface area contributed by atoms with Gasteiger partial charge in [0.2, 0.25) is 5.91 Å². The highest BCUT2D eigenvalue weighted by atomic mass is 16.5. The van der Waals surface area contributed by atoms with Crippen LogP contribution in [0.3, 0.4) is 0 Å². The molecule has 16 heavy (non-hydrogen) atoms. The second kappa shape index (κ2) is 5.15. The molecule has 0 spiro atoms. The molecular formula is C12H22N2O2. The number of amides is 1. The molecule has 4 nitrogen and oxygen atoms in total. The Morgan fingerprint density at radius 3 is 2.94 bits per heavy atom. The Labute approximate surface area is 97.3 Å². The van der Waals surface area contributed by atoms with E-state index in [1.54, 1.807) is 0 Å². The van der Waals surface area contributed by atoms with Crippen LogP contribution in [0.25, 0.3) is 0 Å². The zero-order chi connectivity index (χ0) is 11.4. The summed E-state index contributed by atoms with van der Waals surface area (Å²) >= 11 is 0. The summed E-state index contributed by atoms with van der Waals surface area (Å²) in [6.45, 7) is 6.15. The highest BCUT2D eigenvalue weighted by Gasteiger charge is 2.41. The molecule has 1 N–H and O–H groups in total. The SMILES string of the molecule is CCC1(C(=O)N2CCCOCC2)CCCN1. The summed E-state index contributed by atoms with van der Waals surface area (Å²) < 4.78 is 5.39. The molecule has 2 aliphatic rings. The van der Waals surface area contributed by atoms with E-state index in [-0.39, 0.29) is 11.4 Å². The predicted octanol–water partition coefficient (Wildman–Crippen LogP) is 0.767. The molecule has 2 rings (SSSR count). The molecule has 1 unspecified atom stereocenters. The highest BCUT2D eigenvalue weighted by Crippen LogP contribution is 2.25. The van der Waals surface area contributed by atoms with Crippen molar-refractivity contribution in [2.75, 3.05) is 32.8 Å². The van der Waals surface area contributed by atoms with Gasteiger partial charge in [0.25, 0.3) is 0 Å². The molecule has 0 saturated carbocycles. The molecular weight excluding hydrogens is 204 g/mol. The monoisotopic (exact) mass is 226 g/mol. The van der Waals surface area contributed by atoms with Gasteiger partial charge in [-0.1, -0.05) is 6.92 Å². The third-order valence-corrected chi connectivity index (χ3v) is 3.77. The van der Waals surface area contributed by atoms with Gasteiger partial charge < -0.3 is 15.0 Å². The summed E-state index contributed by atoms with van der Waals surface area (Å²) in [6.07, 6.45) is 3.96. The summed E-state index contributed by atoms with van der Waals surface area (Å²) in [5.74, 6) is 0.290. The minimum atomic E-state index is -0.273. The van der Waals surface area contributed by atoms with Crippen LogP contribution in [0.5, 0.6) is 0 Å². The quantitative estimate of drug-likeness (QED) is 0.756. The van der Waals surface area contributed by atoms with Crippen LogP contribution in [0.2, 0.25) is 0 Å². The number of hydrogen-bond acceptors (Lipinski definition) is 3. The van der Waals surface area contributed by atoms with Gasteiger partial charge in [-0.3, -0.25) is 4.79 Å². The molecule has 0 aromatic rings. The average Bonchev–Trinajstić information content (AvgIpc) is 2.64. The van der Waals surface area contributed by atoms with E-state index in [0.717, 1.165) is 51.9 Å². The van der Waals surface area contributed by atoms with Crippen LogP contribution in [0, 0.1) is 0 Å². The van der Waals surface area contributed by atoms with Crippen molar-refractivity contribution in [3.8, 4) is 0 Å². The number of ether oxygens (including phenoxy) is 1. The number of hydrogen-bond donors (Lipinski definition) is 1. The van der Waals surface area contributed by atoms with E-state index < -0.39 is 0 Å². The maximum absolute atomic E-state index is 12.5. The molecule has 0 bridgehead atoms. The Kier molecular flexibility index (Phi) is 3.82. The molecule has 0 radical (unpaired) electrons. The number of carbonyl (C=O) groups excluding carboxylic acids is 1. The van der Waals surface area contributed by atoms with Gasteiger partial charge in [0.1, 0.15) is 0 Å². The van der Waals surface area contributed by atoms with Crippen LogP contribution >= 0.6 is 0 Å². The van der Waals surface area contributed by atoms with Crippen LogP contribution in [0.4, 0.5) is 0 Å². The van der Waals surface area contributed by atoms with Crippen LogP contribution < -0.4 is 5.32 Å². The van der Waals surface area contributed by atoms with Crippen LogP contribution in [-0.4, -0.2) is 49.2 Å². The Morgan fingerprint density at radius 1 is 1.38 bits per heavy atom. The largest absolute Gasteiger partial charge is 0.380 e. The van der Waals surface area contributed by atoms with Gasteiger partial charge >= 0.3 is 0 Å². The molecule has 0 aliphatic carbocycles. The summed E-state index contributed by atoms with van der Waals surface area (Å²) in [5.41, 5.74) is -0.273. The Balaban J connectivity index is 2.03. The molecule has 1 amide bonds. The van der Waals surface area contributed by atoms with E-state index in [1.807, 2.05) is 4.90 Å². The van der Waals surface area contributed by atoms with E-state index in [2.05, 4.69) is 12.2 Å². The van der Waals surface area contributed by atoms with Crippen molar-refractivity contribution in [1.29, 1.82) is 0 Å². The lowest BCUT2D eigenvalue weighted by molar-refractivity contribution is -0.138. The Bertz CT molecular complexity index is 241. The highest BCUT2D eigenvalue weighted by molar-refractivity contribution is 5.86. The fourth-order valence-electron chi connectivity index (χ4n) is 2.69. The summed E-state index contributed by atoms with van der Waals surface area (Å²) in [6, 6.07) is 0. The lowest BCUT2D eigenvalue weighted by Gasteiger charge is -2.33. The molecule has 2 saturated heterocycles. The van der Waals surface area contributed by atoms with Crippen molar-refractivity contribution in [1.82, 2.24) is 10.2 Å². The molecule has 2 heterocycles. The third kappa shape index (κ3) is 2.23. The van der Waals surface area contributed by atoms with Gasteiger partial charge in [-0.2, -0.15) is 0 Å².